The van der Waals surface area contributed by atoms with E-state index < -0.39 is 84.2 Å². The summed E-state index contributed by atoms with van der Waals surface area (Å²) in [6.45, 7) is 9.40. The van der Waals surface area contributed by atoms with Crippen LogP contribution in [0.1, 0.15) is 82.5 Å². The van der Waals surface area contributed by atoms with Crippen molar-refractivity contribution >= 4 is 42.6 Å². The van der Waals surface area contributed by atoms with Crippen LogP contribution in [0.4, 0.5) is 0 Å². The van der Waals surface area contributed by atoms with Gasteiger partial charge in [0.05, 0.1) is 23.7 Å². The molecule has 2 aromatic carbocycles. The number of hydrogen-bond acceptors (Lipinski definition) is 19. The van der Waals surface area contributed by atoms with Crippen LogP contribution in [-0.2, 0) is 55.6 Å². The standard InChI is InChI=1S/C43H54O18S2/c1-22(2)17-34(45)55-37-36(57-63-61-59-51)35(56-62-60-58-50)32(21-52-40(49)26-7-5-24(6-8-26)25-9-12-28(44)13-10-25)54-41(37)53-29-18-30(39(47)48)31-15-16-43-19-27(23(3)38(43)46)11-14-33(43)42(31,4)20-29/h5-10,12-13,22,27,29-33,35-38,41,44,46,50-51H,3,11,14-21H2,1-2,4H3,(H,47,48)/p-2/t27?,29?,30?,31?,32-,33?,35-,36?,37?,38+,41?,42?,43?/m1/s1. The Hall–Kier alpha value is -3.35. The van der Waals surface area contributed by atoms with Crippen LogP contribution in [0.25, 0.3) is 11.1 Å². The van der Waals surface area contributed by atoms with Crippen molar-refractivity contribution in [3.63, 3.8) is 0 Å². The van der Waals surface area contributed by atoms with Gasteiger partial charge in [0.1, 0.15) is 30.7 Å². The van der Waals surface area contributed by atoms with Gasteiger partial charge in [-0.05, 0) is 115 Å². The number of carbonyl (C=O) groups excluding carboxylic acids is 2. The summed E-state index contributed by atoms with van der Waals surface area (Å²) < 4.78 is 45.3. The fourth-order valence-corrected chi connectivity index (χ4v) is 12.1. The van der Waals surface area contributed by atoms with Crippen LogP contribution >= 0.6 is 24.6 Å². The first-order valence-corrected chi connectivity index (χ1v) is 22.3. The Bertz CT molecular complexity index is 1920. The summed E-state index contributed by atoms with van der Waals surface area (Å²) in [6.07, 6.45) is -4.70. The van der Waals surface area contributed by atoms with Gasteiger partial charge in [0, 0.05) is 11.8 Å². The van der Waals surface area contributed by atoms with Gasteiger partial charge in [0.2, 0.25) is 0 Å². The van der Waals surface area contributed by atoms with Gasteiger partial charge in [-0.3, -0.25) is 28.0 Å². The third kappa shape index (κ3) is 10.1. The van der Waals surface area contributed by atoms with E-state index in [1.807, 2.05) is 0 Å². The second-order valence-electron chi connectivity index (χ2n) is 17.9. The van der Waals surface area contributed by atoms with Crippen molar-refractivity contribution in [2.45, 2.75) is 115 Å². The van der Waals surface area contributed by atoms with Gasteiger partial charge in [-0.25, -0.2) is 4.79 Å². The van der Waals surface area contributed by atoms with E-state index in [4.69, 9.17) is 27.3 Å². The van der Waals surface area contributed by atoms with Gasteiger partial charge in [-0.1, -0.05) is 51.6 Å². The lowest BCUT2D eigenvalue weighted by atomic mass is 9.43. The molecule has 1 saturated heterocycles. The molecule has 0 aromatic heterocycles. The first-order chi connectivity index (χ1) is 30.2. The van der Waals surface area contributed by atoms with E-state index in [9.17, 15) is 40.2 Å². The smallest absolute Gasteiger partial charge is 0.338 e. The Labute approximate surface area is 372 Å². The third-order valence-corrected chi connectivity index (χ3v) is 14.8. The molecule has 2 aromatic rings. The largest absolute Gasteiger partial charge is 0.691 e. The number of aliphatic hydroxyl groups excluding tert-OH is 1. The van der Waals surface area contributed by atoms with E-state index in [1.165, 1.54) is 0 Å². The Morgan fingerprint density at radius 3 is 2.21 bits per heavy atom. The van der Waals surface area contributed by atoms with E-state index >= 15 is 0 Å². The van der Waals surface area contributed by atoms with E-state index in [0.717, 1.165) is 36.0 Å². The molecule has 0 amide bonds. The zero-order valence-corrected chi connectivity index (χ0v) is 36.5. The Morgan fingerprint density at radius 2 is 1.57 bits per heavy atom. The number of fused-ring (bicyclic) bond motifs is 3. The lowest BCUT2D eigenvalue weighted by molar-refractivity contribution is -0.778. The van der Waals surface area contributed by atoms with Crippen molar-refractivity contribution in [2.24, 2.45) is 40.4 Å². The molecule has 5 fully saturated rings. The molecular formula is C43H52O18S2-2. The summed E-state index contributed by atoms with van der Waals surface area (Å²) in [5.74, 6) is -3.36. The second-order valence-corrected chi connectivity index (χ2v) is 18.8. The van der Waals surface area contributed by atoms with E-state index in [2.05, 4.69) is 32.2 Å². The van der Waals surface area contributed by atoms with Crippen molar-refractivity contribution in [3.8, 4) is 16.9 Å². The average molecular weight is 921 g/mol. The summed E-state index contributed by atoms with van der Waals surface area (Å²) in [5, 5.41) is 60.7. The number of phenols is 1. The number of carboxylic acids is 1. The molecule has 5 aliphatic rings. The van der Waals surface area contributed by atoms with E-state index in [-0.39, 0.29) is 72.5 Å². The zero-order chi connectivity index (χ0) is 45.1. The molecular weight excluding hydrogens is 869 g/mol. The van der Waals surface area contributed by atoms with Gasteiger partial charge in [0.25, 0.3) is 0 Å². The van der Waals surface area contributed by atoms with Gasteiger partial charge in [0.15, 0.2) is 37.0 Å². The number of aliphatic hydroxyl groups is 1. The van der Waals surface area contributed by atoms with Gasteiger partial charge >= 0.3 is 17.9 Å². The molecule has 18 nitrogen and oxygen atoms in total. The summed E-state index contributed by atoms with van der Waals surface area (Å²) in [4.78, 5) is 40.0. The molecule has 1 aliphatic heterocycles. The minimum Gasteiger partial charge on any atom is -0.691 e. The highest BCUT2D eigenvalue weighted by molar-refractivity contribution is 7.90. The SMILES string of the molecule is C=C1C2CCC3C4(C)CC(OC5O[C@H](COC(=O)c6ccc(-c7ccc(O)cc7)cc6)[C@@H](OSOO[O-])C(OSOO[O-])C5OC(=O)CC(C)C)CC(C(=O)O)C4CCC3(C2)[C@H]1O. The minimum absolute atomic E-state index is 0.0356. The van der Waals surface area contributed by atoms with Crippen LogP contribution < -0.4 is 10.5 Å². The van der Waals surface area contributed by atoms with Crippen molar-refractivity contribution in [1.82, 2.24) is 0 Å². The van der Waals surface area contributed by atoms with Crippen LogP contribution in [0.2, 0.25) is 0 Å². The second kappa shape index (κ2) is 20.4. The average Bonchev–Trinajstić information content (AvgIpc) is 3.42. The summed E-state index contributed by atoms with van der Waals surface area (Å²) in [7, 11) is 0. The van der Waals surface area contributed by atoms with Crippen LogP contribution in [-0.4, -0.2) is 82.7 Å². The fraction of sp³-hybridized carbons (Fsp3) is 0.605. The summed E-state index contributed by atoms with van der Waals surface area (Å²) >= 11 is 0.136. The highest BCUT2D eigenvalue weighted by Gasteiger charge is 2.67. The number of phenolic OH excluding ortho intramolecular Hbond substituents is 1. The summed E-state index contributed by atoms with van der Waals surface area (Å²) in [5.41, 5.74) is 1.53. The van der Waals surface area contributed by atoms with Gasteiger partial charge < -0.3 is 44.8 Å². The predicted molar refractivity (Wildman–Crippen MR) is 216 cm³/mol. The lowest BCUT2D eigenvalue weighted by Crippen LogP contribution is -2.63. The third-order valence-electron chi connectivity index (χ3n) is 14.0. The van der Waals surface area contributed by atoms with Gasteiger partial charge in [-0.2, -0.15) is 0 Å². The van der Waals surface area contributed by atoms with Crippen molar-refractivity contribution < 1.29 is 86.3 Å². The number of aliphatic carboxylic acids is 1. The molecule has 1 spiro atoms. The maximum atomic E-state index is 13.5. The van der Waals surface area contributed by atoms with Crippen molar-refractivity contribution in [3.05, 3.63) is 66.2 Å². The number of aromatic hydroxyl groups is 1. The molecule has 3 N–H and O–H groups in total. The molecule has 13 atom stereocenters. The van der Waals surface area contributed by atoms with E-state index in [0.29, 0.717) is 19.3 Å². The number of ether oxygens (including phenoxy) is 4. The van der Waals surface area contributed by atoms with Crippen molar-refractivity contribution in [1.29, 1.82) is 0 Å². The van der Waals surface area contributed by atoms with Crippen molar-refractivity contribution in [2.75, 3.05) is 6.61 Å². The molecule has 63 heavy (non-hydrogen) atoms. The number of carboxylic acid groups (broad SMARTS) is 1. The maximum Gasteiger partial charge on any atom is 0.338 e. The topological polar surface area (TPSA) is 250 Å². The number of carbonyl (C=O) groups is 3. The van der Waals surface area contributed by atoms with Crippen LogP contribution in [0.15, 0.2) is 60.7 Å². The first-order valence-electron chi connectivity index (χ1n) is 20.9. The molecule has 4 aliphatic carbocycles. The fourth-order valence-electron chi connectivity index (χ4n) is 11.4. The maximum absolute atomic E-state index is 13.5. The first kappa shape index (κ1) is 47.6. The molecule has 4 saturated carbocycles. The summed E-state index contributed by atoms with van der Waals surface area (Å²) in [6, 6.07) is 13.0. The van der Waals surface area contributed by atoms with E-state index in [1.54, 1.807) is 62.4 Å². The number of benzene rings is 2. The number of hydrogen-bond donors (Lipinski definition) is 3. The molecule has 346 valence electrons. The quantitative estimate of drug-likeness (QED) is 0.0343. The zero-order valence-electron chi connectivity index (χ0n) is 34.9. The predicted octanol–water partition coefficient (Wildman–Crippen LogP) is 4.87. The highest BCUT2D eigenvalue weighted by Crippen LogP contribution is 2.70. The Morgan fingerprint density at radius 1 is 0.921 bits per heavy atom. The minimum atomic E-state index is -1.53. The Kier molecular flexibility index (Phi) is 15.4. The molecule has 2 bridgehead atoms. The number of esters is 2. The molecule has 1 heterocycles. The normalized spacial score (nSPS) is 34.8. The van der Waals surface area contributed by atoms with Gasteiger partial charge in [-0.15, -0.1) is 8.67 Å². The Balaban J connectivity index is 1.19. The molecule has 7 rings (SSSR count). The highest BCUT2D eigenvalue weighted by atomic mass is 32.2. The van der Waals surface area contributed by atoms with Crippen LogP contribution in [0.5, 0.6) is 5.75 Å². The van der Waals surface area contributed by atoms with Crippen LogP contribution in [0.3, 0.4) is 0 Å². The number of rotatable bonds is 18. The molecule has 10 unspecified atom stereocenters. The monoisotopic (exact) mass is 920 g/mol. The molecule has 20 heteroatoms. The lowest BCUT2D eigenvalue weighted by Gasteiger charge is -2.62. The van der Waals surface area contributed by atoms with Crippen LogP contribution in [0, 0.1) is 40.4 Å². The molecule has 0 radical (unpaired) electrons.